The summed E-state index contributed by atoms with van der Waals surface area (Å²) in [6.45, 7) is 3.26. The van der Waals surface area contributed by atoms with Crippen LogP contribution >= 0.6 is 0 Å². The molecule has 2 N–H and O–H groups in total. The van der Waals surface area contributed by atoms with Gasteiger partial charge >= 0.3 is 0 Å². The maximum absolute atomic E-state index is 11.5. The van der Waals surface area contributed by atoms with E-state index in [1.807, 2.05) is 6.92 Å². The summed E-state index contributed by atoms with van der Waals surface area (Å²) in [5.41, 5.74) is 0. The van der Waals surface area contributed by atoms with Crippen molar-refractivity contribution < 1.29 is 9.53 Å². The van der Waals surface area contributed by atoms with E-state index >= 15 is 0 Å². The van der Waals surface area contributed by atoms with Gasteiger partial charge in [-0.05, 0) is 12.8 Å². The number of carbonyl (C=O) groups is 1. The first kappa shape index (κ1) is 12.6. The van der Waals surface area contributed by atoms with Gasteiger partial charge in [-0.1, -0.05) is 6.92 Å². The zero-order valence-corrected chi connectivity index (χ0v) is 9.75. The number of aromatic amines is 1. The van der Waals surface area contributed by atoms with Crippen LogP contribution < -0.4 is 5.32 Å². The molecule has 0 radical (unpaired) electrons. The standard InChI is InChI=1S/C10H18N4O2/c1-3-5-8-12-9(14-13-8)10(15)11-6-4-7-16-2/h3-7H2,1-2H3,(H,11,15)(H,12,13,14). The second-order valence-electron chi connectivity index (χ2n) is 3.46. The molecule has 0 saturated carbocycles. The number of H-pyrrole nitrogens is 1. The van der Waals surface area contributed by atoms with Crippen LogP contribution in [0.2, 0.25) is 0 Å². The van der Waals surface area contributed by atoms with Gasteiger partial charge in [0, 0.05) is 26.7 Å². The van der Waals surface area contributed by atoms with Crippen molar-refractivity contribution in [1.29, 1.82) is 0 Å². The van der Waals surface area contributed by atoms with Crippen molar-refractivity contribution in [2.75, 3.05) is 20.3 Å². The van der Waals surface area contributed by atoms with Crippen molar-refractivity contribution >= 4 is 5.91 Å². The van der Waals surface area contributed by atoms with E-state index < -0.39 is 0 Å². The van der Waals surface area contributed by atoms with E-state index in [0.29, 0.717) is 13.2 Å². The SMILES string of the molecule is CCCc1nc(C(=O)NCCCOC)n[nH]1. The third kappa shape index (κ3) is 3.98. The maximum atomic E-state index is 11.5. The fraction of sp³-hybridized carbons (Fsp3) is 0.700. The zero-order valence-electron chi connectivity index (χ0n) is 9.75. The molecule has 1 amide bonds. The van der Waals surface area contributed by atoms with Gasteiger partial charge in [-0.15, -0.1) is 5.10 Å². The van der Waals surface area contributed by atoms with Gasteiger partial charge in [0.15, 0.2) is 0 Å². The lowest BCUT2D eigenvalue weighted by molar-refractivity contribution is 0.0938. The Balaban J connectivity index is 2.34. The van der Waals surface area contributed by atoms with Gasteiger partial charge in [0.1, 0.15) is 5.82 Å². The second-order valence-corrected chi connectivity index (χ2v) is 3.46. The smallest absolute Gasteiger partial charge is 0.290 e. The fourth-order valence-corrected chi connectivity index (χ4v) is 1.24. The number of hydrogen-bond acceptors (Lipinski definition) is 4. The molecule has 0 unspecified atom stereocenters. The summed E-state index contributed by atoms with van der Waals surface area (Å²) >= 11 is 0. The number of carbonyl (C=O) groups excluding carboxylic acids is 1. The molecule has 0 bridgehead atoms. The molecule has 1 heterocycles. The van der Waals surface area contributed by atoms with Gasteiger partial charge in [-0.2, -0.15) is 0 Å². The number of hydrogen-bond donors (Lipinski definition) is 2. The third-order valence-corrected chi connectivity index (χ3v) is 2.03. The Bertz CT molecular complexity index is 324. The average Bonchev–Trinajstić information content (AvgIpc) is 2.73. The molecule has 0 spiro atoms. The van der Waals surface area contributed by atoms with Gasteiger partial charge < -0.3 is 10.1 Å². The summed E-state index contributed by atoms with van der Waals surface area (Å²) in [6.07, 6.45) is 2.57. The first-order chi connectivity index (χ1) is 7.77. The van der Waals surface area contributed by atoms with Crippen molar-refractivity contribution in [3.8, 4) is 0 Å². The lowest BCUT2D eigenvalue weighted by Gasteiger charge is -2.00. The van der Waals surface area contributed by atoms with Crippen molar-refractivity contribution in [3.05, 3.63) is 11.6 Å². The molecule has 0 fully saturated rings. The lowest BCUT2D eigenvalue weighted by atomic mass is 10.3. The molecule has 0 aromatic carbocycles. The van der Waals surface area contributed by atoms with Crippen LogP contribution in [-0.2, 0) is 11.2 Å². The Labute approximate surface area is 94.8 Å². The quantitative estimate of drug-likeness (QED) is 0.664. The average molecular weight is 226 g/mol. The van der Waals surface area contributed by atoms with E-state index in [1.165, 1.54) is 0 Å². The van der Waals surface area contributed by atoms with Gasteiger partial charge in [0.25, 0.3) is 5.91 Å². The van der Waals surface area contributed by atoms with E-state index in [0.717, 1.165) is 25.1 Å². The first-order valence-corrected chi connectivity index (χ1v) is 5.46. The Hall–Kier alpha value is -1.43. The number of aryl methyl sites for hydroxylation is 1. The molecule has 0 aliphatic heterocycles. The molecule has 1 rings (SSSR count). The Morgan fingerprint density at radius 3 is 3.06 bits per heavy atom. The molecule has 0 aliphatic carbocycles. The summed E-state index contributed by atoms with van der Waals surface area (Å²) in [6, 6.07) is 0. The molecule has 90 valence electrons. The normalized spacial score (nSPS) is 10.4. The summed E-state index contributed by atoms with van der Waals surface area (Å²) in [4.78, 5) is 15.6. The van der Waals surface area contributed by atoms with Crippen LogP contribution in [0.15, 0.2) is 0 Å². The second kappa shape index (κ2) is 6.95. The minimum absolute atomic E-state index is 0.209. The Morgan fingerprint density at radius 2 is 2.38 bits per heavy atom. The van der Waals surface area contributed by atoms with E-state index in [4.69, 9.17) is 4.74 Å². The minimum Gasteiger partial charge on any atom is -0.385 e. The first-order valence-electron chi connectivity index (χ1n) is 5.46. The van der Waals surface area contributed by atoms with Crippen molar-refractivity contribution in [2.24, 2.45) is 0 Å². The lowest BCUT2D eigenvalue weighted by Crippen LogP contribution is -2.26. The zero-order chi connectivity index (χ0) is 11.8. The van der Waals surface area contributed by atoms with Crippen LogP contribution in [0.3, 0.4) is 0 Å². The van der Waals surface area contributed by atoms with Crippen LogP contribution in [0, 0.1) is 0 Å². The fourth-order valence-electron chi connectivity index (χ4n) is 1.24. The molecule has 1 aromatic heterocycles. The van der Waals surface area contributed by atoms with Crippen LogP contribution in [0.4, 0.5) is 0 Å². The number of amides is 1. The van der Waals surface area contributed by atoms with E-state index in [9.17, 15) is 4.79 Å². The molecule has 6 nitrogen and oxygen atoms in total. The highest BCUT2D eigenvalue weighted by atomic mass is 16.5. The monoisotopic (exact) mass is 226 g/mol. The number of aromatic nitrogens is 3. The Kier molecular flexibility index (Phi) is 5.49. The highest BCUT2D eigenvalue weighted by Gasteiger charge is 2.10. The van der Waals surface area contributed by atoms with E-state index in [1.54, 1.807) is 7.11 Å². The summed E-state index contributed by atoms with van der Waals surface area (Å²) in [5, 5.41) is 9.32. The number of nitrogens with one attached hydrogen (secondary N) is 2. The minimum atomic E-state index is -0.241. The van der Waals surface area contributed by atoms with Gasteiger partial charge in [-0.3, -0.25) is 9.89 Å². The largest absolute Gasteiger partial charge is 0.385 e. The topological polar surface area (TPSA) is 79.9 Å². The highest BCUT2D eigenvalue weighted by molar-refractivity contribution is 5.90. The maximum Gasteiger partial charge on any atom is 0.290 e. The molecular formula is C10H18N4O2. The predicted octanol–water partition coefficient (Wildman–Crippen LogP) is 0.523. The van der Waals surface area contributed by atoms with Crippen molar-refractivity contribution in [2.45, 2.75) is 26.2 Å². The predicted molar refractivity (Wildman–Crippen MR) is 59.2 cm³/mol. The van der Waals surface area contributed by atoms with E-state index in [2.05, 4.69) is 20.5 Å². The number of methoxy groups -OCH3 is 1. The van der Waals surface area contributed by atoms with E-state index in [-0.39, 0.29) is 11.7 Å². The van der Waals surface area contributed by atoms with Gasteiger partial charge in [0.05, 0.1) is 0 Å². The van der Waals surface area contributed by atoms with Crippen molar-refractivity contribution in [3.63, 3.8) is 0 Å². The summed E-state index contributed by atoms with van der Waals surface area (Å²) in [7, 11) is 1.63. The molecular weight excluding hydrogens is 208 g/mol. The molecule has 16 heavy (non-hydrogen) atoms. The van der Waals surface area contributed by atoms with Crippen LogP contribution in [0.25, 0.3) is 0 Å². The number of nitrogens with zero attached hydrogens (tertiary/aromatic N) is 2. The van der Waals surface area contributed by atoms with Crippen molar-refractivity contribution in [1.82, 2.24) is 20.5 Å². The number of ether oxygens (including phenoxy) is 1. The van der Waals surface area contributed by atoms with Gasteiger partial charge in [-0.25, -0.2) is 4.98 Å². The summed E-state index contributed by atoms with van der Waals surface area (Å²) < 4.78 is 4.88. The highest BCUT2D eigenvalue weighted by Crippen LogP contribution is 1.96. The summed E-state index contributed by atoms with van der Waals surface area (Å²) in [5.74, 6) is 0.722. The Morgan fingerprint density at radius 1 is 1.56 bits per heavy atom. The molecule has 1 aromatic rings. The molecule has 0 saturated heterocycles. The van der Waals surface area contributed by atoms with Crippen LogP contribution in [0.5, 0.6) is 0 Å². The number of rotatable bonds is 7. The van der Waals surface area contributed by atoms with Crippen LogP contribution in [0.1, 0.15) is 36.2 Å². The van der Waals surface area contributed by atoms with Crippen LogP contribution in [-0.4, -0.2) is 41.3 Å². The van der Waals surface area contributed by atoms with Gasteiger partial charge in [0.2, 0.25) is 5.82 Å². The molecule has 6 heteroatoms. The third-order valence-electron chi connectivity index (χ3n) is 2.03. The molecule has 0 aliphatic rings. The molecule has 0 atom stereocenters.